The normalized spacial score (nSPS) is 19.2. The Morgan fingerprint density at radius 2 is 1.89 bits per heavy atom. The topological polar surface area (TPSA) is 83.7 Å². The number of carbonyl (C=O) groups excluding carboxylic acids is 1. The number of benzene rings is 1. The van der Waals surface area contributed by atoms with Crippen LogP contribution in [0.2, 0.25) is 0 Å². The lowest BCUT2D eigenvalue weighted by molar-refractivity contribution is -0.439. The molecule has 0 spiro atoms. The molecule has 0 saturated carbocycles. The van der Waals surface area contributed by atoms with Crippen molar-refractivity contribution in [1.29, 1.82) is 0 Å². The van der Waals surface area contributed by atoms with Crippen LogP contribution in [0.4, 0.5) is 5.69 Å². The summed E-state index contributed by atoms with van der Waals surface area (Å²) in [6.07, 6.45) is 4.90. The van der Waals surface area contributed by atoms with Gasteiger partial charge >= 0.3 is 0 Å². The summed E-state index contributed by atoms with van der Waals surface area (Å²) in [6.45, 7) is 6.23. The highest BCUT2D eigenvalue weighted by Gasteiger charge is 2.45. The van der Waals surface area contributed by atoms with Crippen LogP contribution in [-0.4, -0.2) is 48.6 Å². The summed E-state index contributed by atoms with van der Waals surface area (Å²) in [4.78, 5) is 10.2. The number of ether oxygens (including phenoxy) is 1. The lowest BCUT2D eigenvalue weighted by Gasteiger charge is -2.22. The summed E-state index contributed by atoms with van der Waals surface area (Å²) in [6, 6.07) is 8.38. The second kappa shape index (κ2) is 9.46. The number of unbranched alkanes of at least 4 members (excludes halogenated alkanes) is 3. The maximum absolute atomic E-state index is 10.9. The molecule has 0 aliphatic carbocycles. The van der Waals surface area contributed by atoms with Gasteiger partial charge in [-0.3, -0.25) is 9.35 Å². The van der Waals surface area contributed by atoms with Gasteiger partial charge in [0.05, 0.1) is 17.8 Å². The number of hydrogen-bond acceptors (Lipinski definition) is 4. The Balaban J connectivity index is 2.05. The summed E-state index contributed by atoms with van der Waals surface area (Å²) in [5.41, 5.74) is 3.64. The zero-order chi connectivity index (χ0) is 19.9. The van der Waals surface area contributed by atoms with E-state index in [1.54, 1.807) is 0 Å². The molecule has 0 amide bonds. The average Bonchev–Trinajstić information content (AvgIpc) is 2.83. The molecule has 0 fully saturated rings. The Hall–Kier alpha value is -1.73. The molecule has 6 nitrogen and oxygen atoms in total. The van der Waals surface area contributed by atoms with Crippen molar-refractivity contribution in [2.75, 3.05) is 18.9 Å². The number of carbonyl (C=O) groups is 1. The molecule has 0 aromatic heterocycles. The van der Waals surface area contributed by atoms with Gasteiger partial charge in [0.15, 0.2) is 5.71 Å². The molecule has 1 aromatic rings. The van der Waals surface area contributed by atoms with Gasteiger partial charge in [-0.2, -0.15) is 13.0 Å². The van der Waals surface area contributed by atoms with Crippen molar-refractivity contribution >= 4 is 28.0 Å². The van der Waals surface area contributed by atoms with Crippen LogP contribution in [0.3, 0.4) is 0 Å². The number of fused-ring (bicyclic) bond motifs is 1. The minimum absolute atomic E-state index is 0.129. The molecule has 150 valence electrons. The standard InChI is InChI=1S/C20H29NO5S/c1-17-20(2,12-6-9-15-27(23,24)25)18-10-4-5-11-19(18)21(17)13-7-3-8-14-26-16-22/h4-5,10-11,16H,3,6-9,12-15H2,1-2H3/p+1. The predicted octanol–water partition coefficient (Wildman–Crippen LogP) is 3.46. The van der Waals surface area contributed by atoms with Gasteiger partial charge in [-0.25, -0.2) is 0 Å². The van der Waals surface area contributed by atoms with E-state index in [4.69, 9.17) is 9.29 Å². The molecule has 1 heterocycles. The van der Waals surface area contributed by atoms with Crippen molar-refractivity contribution < 1.29 is 27.1 Å². The lowest BCUT2D eigenvalue weighted by Crippen LogP contribution is -2.30. The van der Waals surface area contributed by atoms with E-state index in [9.17, 15) is 13.2 Å². The van der Waals surface area contributed by atoms with Crippen molar-refractivity contribution in [1.82, 2.24) is 0 Å². The number of para-hydroxylation sites is 1. The fraction of sp³-hybridized carbons (Fsp3) is 0.600. The van der Waals surface area contributed by atoms with E-state index < -0.39 is 10.1 Å². The third kappa shape index (κ3) is 5.62. The summed E-state index contributed by atoms with van der Waals surface area (Å²) < 4.78 is 37.9. The monoisotopic (exact) mass is 396 g/mol. The first-order valence-corrected chi connectivity index (χ1v) is 11.1. The molecule has 0 radical (unpaired) electrons. The maximum atomic E-state index is 10.9. The van der Waals surface area contributed by atoms with Gasteiger partial charge in [-0.1, -0.05) is 24.6 Å². The van der Waals surface area contributed by atoms with Gasteiger partial charge in [0.25, 0.3) is 16.6 Å². The van der Waals surface area contributed by atoms with Crippen molar-refractivity contribution in [3.05, 3.63) is 29.8 Å². The number of hydrogen-bond donors (Lipinski definition) is 1. The number of nitrogens with zero attached hydrogens (tertiary/aromatic N) is 1. The Morgan fingerprint density at radius 1 is 1.15 bits per heavy atom. The highest BCUT2D eigenvalue weighted by atomic mass is 32.2. The van der Waals surface area contributed by atoms with Crippen LogP contribution in [-0.2, 0) is 25.1 Å². The quantitative estimate of drug-likeness (QED) is 0.253. The minimum atomic E-state index is -3.90. The summed E-state index contributed by atoms with van der Waals surface area (Å²) in [5, 5.41) is 0. The van der Waals surface area contributed by atoms with Crippen molar-refractivity contribution in [3.63, 3.8) is 0 Å². The van der Waals surface area contributed by atoms with Crippen LogP contribution in [0.25, 0.3) is 0 Å². The third-order valence-corrected chi connectivity index (χ3v) is 6.34. The average molecular weight is 397 g/mol. The van der Waals surface area contributed by atoms with E-state index in [0.717, 1.165) is 38.6 Å². The van der Waals surface area contributed by atoms with Gasteiger partial charge in [0.1, 0.15) is 6.54 Å². The predicted molar refractivity (Wildman–Crippen MR) is 105 cm³/mol. The smallest absolute Gasteiger partial charge is 0.293 e. The summed E-state index contributed by atoms with van der Waals surface area (Å²) >= 11 is 0. The molecule has 1 unspecified atom stereocenters. The highest BCUT2D eigenvalue weighted by Crippen LogP contribution is 2.42. The molecule has 27 heavy (non-hydrogen) atoms. The Labute approximate surface area is 162 Å². The molecule has 2 rings (SSSR count). The fourth-order valence-corrected chi connectivity index (χ4v) is 4.46. The van der Waals surface area contributed by atoms with Gasteiger partial charge in [-0.05, 0) is 32.6 Å². The van der Waals surface area contributed by atoms with Crippen LogP contribution in [0, 0.1) is 0 Å². The molecular weight excluding hydrogens is 366 g/mol. The van der Waals surface area contributed by atoms with E-state index in [1.165, 1.54) is 17.0 Å². The fourth-order valence-electron chi connectivity index (χ4n) is 3.90. The lowest BCUT2D eigenvalue weighted by atomic mass is 9.76. The van der Waals surface area contributed by atoms with Gasteiger partial charge < -0.3 is 4.74 Å². The molecule has 1 atom stereocenters. The van der Waals surface area contributed by atoms with E-state index in [-0.39, 0.29) is 11.2 Å². The third-order valence-electron chi connectivity index (χ3n) is 5.53. The molecule has 1 aliphatic rings. The van der Waals surface area contributed by atoms with E-state index in [0.29, 0.717) is 19.5 Å². The first kappa shape index (κ1) is 21.6. The van der Waals surface area contributed by atoms with Crippen LogP contribution >= 0.6 is 0 Å². The molecule has 0 bridgehead atoms. The first-order valence-electron chi connectivity index (χ1n) is 9.51. The zero-order valence-corrected chi connectivity index (χ0v) is 17.0. The zero-order valence-electron chi connectivity index (χ0n) is 16.2. The van der Waals surface area contributed by atoms with Crippen LogP contribution in [0.1, 0.15) is 57.9 Å². The Bertz CT molecular complexity index is 787. The summed E-state index contributed by atoms with van der Waals surface area (Å²) in [5.74, 6) is -0.184. The van der Waals surface area contributed by atoms with Crippen molar-refractivity contribution in [2.24, 2.45) is 0 Å². The molecule has 1 N–H and O–H groups in total. The largest absolute Gasteiger partial charge is 0.468 e. The maximum Gasteiger partial charge on any atom is 0.293 e. The Morgan fingerprint density at radius 3 is 2.59 bits per heavy atom. The van der Waals surface area contributed by atoms with Crippen LogP contribution in [0.15, 0.2) is 24.3 Å². The molecule has 1 aliphatic heterocycles. The SMILES string of the molecule is CC1=[N+](CCCCCOC=O)c2ccccc2C1(C)CCCCS(=O)(=O)O. The number of rotatable bonds is 12. The molecular formula is C20H30NO5S+. The molecule has 1 aromatic carbocycles. The summed E-state index contributed by atoms with van der Waals surface area (Å²) in [7, 11) is -3.90. The van der Waals surface area contributed by atoms with E-state index in [1.807, 2.05) is 12.1 Å². The first-order chi connectivity index (χ1) is 12.8. The molecule has 0 saturated heterocycles. The molecule has 7 heteroatoms. The van der Waals surface area contributed by atoms with Gasteiger partial charge in [0, 0.05) is 25.0 Å². The van der Waals surface area contributed by atoms with Crippen molar-refractivity contribution in [3.8, 4) is 0 Å². The van der Waals surface area contributed by atoms with Gasteiger partial charge in [0.2, 0.25) is 5.69 Å². The second-order valence-electron chi connectivity index (χ2n) is 7.36. The highest BCUT2D eigenvalue weighted by molar-refractivity contribution is 7.85. The Kier molecular flexibility index (Phi) is 7.56. The van der Waals surface area contributed by atoms with Crippen LogP contribution < -0.4 is 0 Å². The van der Waals surface area contributed by atoms with Crippen molar-refractivity contribution in [2.45, 2.75) is 57.8 Å². The minimum Gasteiger partial charge on any atom is -0.468 e. The van der Waals surface area contributed by atoms with E-state index in [2.05, 4.69) is 30.6 Å². The van der Waals surface area contributed by atoms with E-state index >= 15 is 0 Å². The van der Waals surface area contributed by atoms with Gasteiger partial charge in [-0.15, -0.1) is 0 Å². The second-order valence-corrected chi connectivity index (χ2v) is 8.93. The van der Waals surface area contributed by atoms with Crippen LogP contribution in [0.5, 0.6) is 0 Å².